The van der Waals surface area contributed by atoms with Gasteiger partial charge in [0.1, 0.15) is 13.7 Å². The summed E-state index contributed by atoms with van der Waals surface area (Å²) in [5.74, 6) is 0. The molecule has 4 heteroatoms. The third-order valence-electron chi connectivity index (χ3n) is 6.89. The van der Waals surface area contributed by atoms with Crippen molar-refractivity contribution in [1.29, 1.82) is 0 Å². The number of carbonyl (C=O) groups is 1. The lowest BCUT2D eigenvalue weighted by Gasteiger charge is -2.51. The number of carbonyl (C=O) groups excluding carboxylic acids is 1. The highest BCUT2D eigenvalue weighted by Crippen LogP contribution is 2.57. The Bertz CT molecular complexity index is 670. The second-order valence-corrected chi connectivity index (χ2v) is 15.4. The molecule has 0 bridgehead atoms. The van der Waals surface area contributed by atoms with E-state index in [9.17, 15) is 4.79 Å². The van der Waals surface area contributed by atoms with Crippen LogP contribution in [0.15, 0.2) is 30.3 Å². The van der Waals surface area contributed by atoms with Gasteiger partial charge in [0, 0.05) is 16.5 Å². The maximum atomic E-state index is 13.2. The van der Waals surface area contributed by atoms with Crippen molar-refractivity contribution >= 4 is 19.4 Å². The smallest absolute Gasteiger partial charge is 0.410 e. The van der Waals surface area contributed by atoms with Crippen LogP contribution in [0.1, 0.15) is 54.4 Å². The van der Waals surface area contributed by atoms with Crippen molar-refractivity contribution in [2.75, 3.05) is 0 Å². The van der Waals surface area contributed by atoms with E-state index >= 15 is 0 Å². The van der Waals surface area contributed by atoms with Crippen molar-refractivity contribution in [3.63, 3.8) is 0 Å². The molecule has 144 valence electrons. The van der Waals surface area contributed by atoms with Gasteiger partial charge in [0.05, 0.1) is 6.04 Å². The number of cyclic esters (lactones) is 1. The summed E-state index contributed by atoms with van der Waals surface area (Å²) in [6.07, 6.45) is 2.02. The Morgan fingerprint density at radius 3 is 2.04 bits per heavy atom. The van der Waals surface area contributed by atoms with Crippen molar-refractivity contribution in [1.82, 2.24) is 4.90 Å². The molecular formula is C22H35NO2Si. The van der Waals surface area contributed by atoms with Crippen LogP contribution in [0.4, 0.5) is 4.79 Å². The molecule has 1 aromatic carbocycles. The number of hydrogen-bond acceptors (Lipinski definition) is 2. The van der Waals surface area contributed by atoms with E-state index in [2.05, 4.69) is 89.9 Å². The molecule has 2 heterocycles. The fourth-order valence-electron chi connectivity index (χ4n) is 5.92. The lowest BCUT2D eigenvalue weighted by atomic mass is 9.59. The van der Waals surface area contributed by atoms with E-state index in [1.54, 1.807) is 0 Å². The van der Waals surface area contributed by atoms with Crippen LogP contribution in [-0.4, -0.2) is 36.4 Å². The molecule has 0 aromatic heterocycles. The molecule has 0 N–H and O–H groups in total. The Morgan fingerprint density at radius 2 is 1.54 bits per heavy atom. The fraction of sp³-hybridized carbons (Fsp3) is 0.682. The molecule has 2 aliphatic rings. The van der Waals surface area contributed by atoms with Crippen molar-refractivity contribution in [2.24, 2.45) is 10.8 Å². The van der Waals surface area contributed by atoms with Gasteiger partial charge in [0.2, 0.25) is 0 Å². The van der Waals surface area contributed by atoms with E-state index in [0.29, 0.717) is 5.67 Å². The van der Waals surface area contributed by atoms with Crippen LogP contribution in [0.3, 0.4) is 0 Å². The standard InChI is InChI=1S/C22H35NO2Si/c1-20(2,3)22(21(4,5)6)17-14-15-18(23(17)19(24)25-22)26(7,8)16-12-10-9-11-13-16/h9-13,17-18H,14-15H2,1-8H3/t17-,18-/m0/s1. The topological polar surface area (TPSA) is 29.5 Å². The normalized spacial score (nSPS) is 26.0. The quantitative estimate of drug-likeness (QED) is 0.686. The van der Waals surface area contributed by atoms with Gasteiger partial charge >= 0.3 is 6.09 Å². The van der Waals surface area contributed by atoms with E-state index in [0.717, 1.165) is 12.8 Å². The molecule has 1 amide bonds. The summed E-state index contributed by atoms with van der Waals surface area (Å²) in [4.78, 5) is 15.3. The zero-order chi connectivity index (χ0) is 19.5. The van der Waals surface area contributed by atoms with E-state index in [1.807, 2.05) is 0 Å². The number of hydrogen-bond donors (Lipinski definition) is 0. The van der Waals surface area contributed by atoms with E-state index < -0.39 is 13.7 Å². The fourth-order valence-corrected chi connectivity index (χ4v) is 9.23. The molecule has 26 heavy (non-hydrogen) atoms. The van der Waals surface area contributed by atoms with Gasteiger partial charge in [-0.15, -0.1) is 0 Å². The minimum absolute atomic E-state index is 0.0983. The first-order valence-electron chi connectivity index (χ1n) is 9.91. The van der Waals surface area contributed by atoms with Crippen molar-refractivity contribution in [3.05, 3.63) is 30.3 Å². The first-order chi connectivity index (χ1) is 11.8. The summed E-state index contributed by atoms with van der Waals surface area (Å²) in [7, 11) is -1.83. The molecular weight excluding hydrogens is 338 g/mol. The third kappa shape index (κ3) is 2.56. The summed E-state index contributed by atoms with van der Waals surface area (Å²) in [5.41, 5.74) is -0.400. The van der Waals surface area contributed by atoms with Gasteiger partial charge in [-0.05, 0) is 12.8 Å². The third-order valence-corrected chi connectivity index (χ3v) is 10.9. The summed E-state index contributed by atoms with van der Waals surface area (Å²) in [5, 5.41) is 1.42. The van der Waals surface area contributed by atoms with Crippen LogP contribution in [0.5, 0.6) is 0 Å². The van der Waals surface area contributed by atoms with Gasteiger partial charge in [-0.25, -0.2) is 4.79 Å². The zero-order valence-electron chi connectivity index (χ0n) is 17.7. The highest BCUT2D eigenvalue weighted by molar-refractivity contribution is 6.91. The molecule has 2 aliphatic heterocycles. The SMILES string of the molecule is CC(C)(C)C1(C(C)(C)C)OC(=O)N2[C@H]1CC[C@@H]2[Si](C)(C)c1ccccc1. The van der Waals surface area contributed by atoms with Gasteiger partial charge in [-0.2, -0.15) is 0 Å². The average Bonchev–Trinajstić information content (AvgIpc) is 3.07. The Balaban J connectivity index is 2.05. The number of benzene rings is 1. The summed E-state index contributed by atoms with van der Waals surface area (Å²) >= 11 is 0. The van der Waals surface area contributed by atoms with Gasteiger partial charge in [0.25, 0.3) is 0 Å². The summed E-state index contributed by atoms with van der Waals surface area (Å²) in [6, 6.07) is 10.9. The van der Waals surface area contributed by atoms with Crippen LogP contribution >= 0.6 is 0 Å². The molecule has 0 saturated carbocycles. The summed E-state index contributed by atoms with van der Waals surface area (Å²) in [6.45, 7) is 18.1. The molecule has 2 saturated heterocycles. The average molecular weight is 374 g/mol. The Hall–Kier alpha value is -1.29. The second-order valence-electron chi connectivity index (χ2n) is 10.7. The predicted octanol–water partition coefficient (Wildman–Crippen LogP) is 4.96. The van der Waals surface area contributed by atoms with Gasteiger partial charge in [-0.1, -0.05) is 90.2 Å². The first-order valence-corrected chi connectivity index (χ1v) is 13.0. The number of nitrogens with zero attached hydrogens (tertiary/aromatic N) is 1. The van der Waals surface area contributed by atoms with Crippen molar-refractivity contribution in [2.45, 2.75) is 84.8 Å². The lowest BCUT2D eigenvalue weighted by Crippen LogP contribution is -2.63. The highest BCUT2D eigenvalue weighted by Gasteiger charge is 2.69. The molecule has 0 unspecified atom stereocenters. The predicted molar refractivity (Wildman–Crippen MR) is 110 cm³/mol. The first kappa shape index (κ1) is 19.5. The van der Waals surface area contributed by atoms with Gasteiger partial charge < -0.3 is 9.64 Å². The van der Waals surface area contributed by atoms with Crippen LogP contribution in [0, 0.1) is 10.8 Å². The minimum Gasteiger partial charge on any atom is -0.439 e. The number of amides is 1. The molecule has 2 atom stereocenters. The zero-order valence-corrected chi connectivity index (χ0v) is 18.7. The minimum atomic E-state index is -1.83. The van der Waals surface area contributed by atoms with Crippen molar-refractivity contribution < 1.29 is 9.53 Å². The van der Waals surface area contributed by atoms with Gasteiger partial charge in [0.15, 0.2) is 0 Å². The molecule has 0 spiro atoms. The second kappa shape index (κ2) is 5.85. The number of ether oxygens (including phenoxy) is 1. The number of rotatable bonds is 2. The molecule has 1 aromatic rings. The van der Waals surface area contributed by atoms with E-state index in [1.165, 1.54) is 5.19 Å². The summed E-state index contributed by atoms with van der Waals surface area (Å²) < 4.78 is 6.32. The van der Waals surface area contributed by atoms with Crippen LogP contribution in [0.2, 0.25) is 13.1 Å². The number of fused-ring (bicyclic) bond motifs is 1. The molecule has 0 radical (unpaired) electrons. The molecule has 3 nitrogen and oxygen atoms in total. The van der Waals surface area contributed by atoms with Crippen molar-refractivity contribution in [3.8, 4) is 0 Å². The van der Waals surface area contributed by atoms with Crippen LogP contribution in [0.25, 0.3) is 0 Å². The highest BCUT2D eigenvalue weighted by atomic mass is 28.3. The maximum absolute atomic E-state index is 13.2. The maximum Gasteiger partial charge on any atom is 0.410 e. The Morgan fingerprint density at radius 1 is 1.00 bits per heavy atom. The van der Waals surface area contributed by atoms with Gasteiger partial charge in [-0.3, -0.25) is 0 Å². The molecule has 0 aliphatic carbocycles. The van der Waals surface area contributed by atoms with Crippen LogP contribution < -0.4 is 5.19 Å². The Kier molecular flexibility index (Phi) is 4.38. The Labute approximate surface area is 160 Å². The van der Waals surface area contributed by atoms with Crippen LogP contribution in [-0.2, 0) is 4.74 Å². The van der Waals surface area contributed by atoms with E-state index in [-0.39, 0.29) is 23.0 Å². The van der Waals surface area contributed by atoms with E-state index in [4.69, 9.17) is 4.74 Å². The monoisotopic (exact) mass is 373 g/mol. The lowest BCUT2D eigenvalue weighted by molar-refractivity contribution is -0.131. The molecule has 2 fully saturated rings. The largest absolute Gasteiger partial charge is 0.439 e. The molecule has 3 rings (SSSR count).